The van der Waals surface area contributed by atoms with Crippen LogP contribution in [0.5, 0.6) is 0 Å². The van der Waals surface area contributed by atoms with Crippen molar-refractivity contribution in [3.63, 3.8) is 0 Å². The maximum atomic E-state index is 11.2. The third kappa shape index (κ3) is 3.60. The topological polar surface area (TPSA) is 113 Å². The molecule has 124 valence electrons. The molecule has 0 aliphatic rings. The number of amides is 1. The van der Waals surface area contributed by atoms with Crippen molar-refractivity contribution in [3.05, 3.63) is 47.4 Å². The number of hydrogen-bond donors (Lipinski definition) is 2. The van der Waals surface area contributed by atoms with Gasteiger partial charge >= 0.3 is 0 Å². The van der Waals surface area contributed by atoms with Crippen LogP contribution in [0, 0.1) is 0 Å². The van der Waals surface area contributed by atoms with Crippen LogP contribution in [0.15, 0.2) is 30.5 Å². The molecular formula is C16H18N6OS. The molecule has 0 aliphatic carbocycles. The molecule has 4 N–H and O–H groups in total. The van der Waals surface area contributed by atoms with Crippen LogP contribution in [0.25, 0.3) is 10.7 Å². The first-order chi connectivity index (χ1) is 11.5. The third-order valence-corrected chi connectivity index (χ3v) is 4.38. The smallest absolute Gasteiger partial charge is 0.225 e. The molecule has 3 rings (SSSR count). The number of anilines is 1. The molecular weight excluding hydrogens is 324 g/mol. The van der Waals surface area contributed by atoms with E-state index in [0.29, 0.717) is 23.3 Å². The lowest BCUT2D eigenvalue weighted by atomic mass is 10.1. The number of nitrogens with two attached hydrogens (primary N) is 2. The molecule has 0 saturated carbocycles. The number of aryl methyl sites for hydroxylation is 1. The van der Waals surface area contributed by atoms with Gasteiger partial charge in [0.25, 0.3) is 0 Å². The zero-order valence-electron chi connectivity index (χ0n) is 13.3. The number of thiazole rings is 1. The molecule has 3 aromatic rings. The Bertz CT molecular complexity index is 852. The number of carbonyl (C=O) groups excluding carboxylic acids is 1. The van der Waals surface area contributed by atoms with Crippen LogP contribution in [-0.2, 0) is 24.2 Å². The largest absolute Gasteiger partial charge is 0.375 e. The molecule has 7 nitrogen and oxygen atoms in total. The van der Waals surface area contributed by atoms with Crippen LogP contribution in [0.3, 0.4) is 0 Å². The van der Waals surface area contributed by atoms with Crippen molar-refractivity contribution < 1.29 is 4.79 Å². The number of carbonyl (C=O) groups is 1. The minimum absolute atomic E-state index is 0.00303. The highest BCUT2D eigenvalue weighted by Gasteiger charge is 2.16. The molecule has 0 fully saturated rings. The second kappa shape index (κ2) is 6.79. The first kappa shape index (κ1) is 16.1. The normalized spacial score (nSPS) is 10.9. The van der Waals surface area contributed by atoms with Gasteiger partial charge in [-0.3, -0.25) is 4.79 Å². The van der Waals surface area contributed by atoms with Crippen molar-refractivity contribution in [1.29, 1.82) is 0 Å². The Kier molecular flexibility index (Phi) is 4.57. The molecule has 0 radical (unpaired) electrons. The monoisotopic (exact) mass is 342 g/mol. The SMILES string of the molecule is CCc1ccc(Cn2nc(CC(N)=O)nc2-c2cnc(N)s2)cc1. The molecule has 1 amide bonds. The van der Waals surface area contributed by atoms with Gasteiger partial charge in [-0.2, -0.15) is 5.10 Å². The van der Waals surface area contributed by atoms with E-state index in [9.17, 15) is 4.79 Å². The Morgan fingerprint density at radius 1 is 1.25 bits per heavy atom. The van der Waals surface area contributed by atoms with E-state index in [4.69, 9.17) is 11.5 Å². The van der Waals surface area contributed by atoms with Crippen molar-refractivity contribution in [1.82, 2.24) is 19.7 Å². The van der Waals surface area contributed by atoms with E-state index in [1.165, 1.54) is 16.9 Å². The summed E-state index contributed by atoms with van der Waals surface area (Å²) in [5, 5.41) is 4.88. The van der Waals surface area contributed by atoms with Crippen LogP contribution in [0.2, 0.25) is 0 Å². The van der Waals surface area contributed by atoms with Gasteiger partial charge in [0.1, 0.15) is 0 Å². The van der Waals surface area contributed by atoms with Gasteiger partial charge in [-0.05, 0) is 17.5 Å². The summed E-state index contributed by atoms with van der Waals surface area (Å²) in [6.07, 6.45) is 2.66. The molecule has 0 atom stereocenters. The van der Waals surface area contributed by atoms with Crippen molar-refractivity contribution in [2.24, 2.45) is 5.73 Å². The fourth-order valence-electron chi connectivity index (χ4n) is 2.36. The Morgan fingerprint density at radius 2 is 1.96 bits per heavy atom. The molecule has 2 aromatic heterocycles. The van der Waals surface area contributed by atoms with Gasteiger partial charge in [0.2, 0.25) is 5.91 Å². The zero-order valence-corrected chi connectivity index (χ0v) is 14.1. The predicted molar refractivity (Wildman–Crippen MR) is 93.4 cm³/mol. The number of rotatable bonds is 6. The summed E-state index contributed by atoms with van der Waals surface area (Å²) in [6, 6.07) is 8.33. The van der Waals surface area contributed by atoms with Crippen molar-refractivity contribution in [3.8, 4) is 10.7 Å². The highest BCUT2D eigenvalue weighted by molar-refractivity contribution is 7.18. The highest BCUT2D eigenvalue weighted by atomic mass is 32.1. The maximum Gasteiger partial charge on any atom is 0.225 e. The second-order valence-corrected chi connectivity index (χ2v) is 6.45. The van der Waals surface area contributed by atoms with Crippen LogP contribution in [0.4, 0.5) is 5.13 Å². The summed E-state index contributed by atoms with van der Waals surface area (Å²) in [6.45, 7) is 2.66. The van der Waals surface area contributed by atoms with Crippen LogP contribution in [0.1, 0.15) is 23.9 Å². The van der Waals surface area contributed by atoms with E-state index in [1.807, 2.05) is 0 Å². The fourth-order valence-corrected chi connectivity index (χ4v) is 3.04. The average molecular weight is 342 g/mol. The minimum Gasteiger partial charge on any atom is -0.375 e. The summed E-state index contributed by atoms with van der Waals surface area (Å²) < 4.78 is 1.76. The number of benzene rings is 1. The molecule has 24 heavy (non-hydrogen) atoms. The van der Waals surface area contributed by atoms with Gasteiger partial charge in [0, 0.05) is 0 Å². The second-order valence-electron chi connectivity index (χ2n) is 5.39. The number of hydrogen-bond acceptors (Lipinski definition) is 6. The average Bonchev–Trinajstić information content (AvgIpc) is 3.14. The van der Waals surface area contributed by atoms with Gasteiger partial charge in [-0.25, -0.2) is 14.6 Å². The van der Waals surface area contributed by atoms with E-state index in [1.54, 1.807) is 10.9 Å². The number of nitrogens with zero attached hydrogens (tertiary/aromatic N) is 4. The first-order valence-corrected chi connectivity index (χ1v) is 8.38. The molecule has 8 heteroatoms. The quantitative estimate of drug-likeness (QED) is 0.707. The predicted octanol–water partition coefficient (Wildman–Crippen LogP) is 1.62. The number of nitrogen functional groups attached to an aromatic ring is 1. The van der Waals surface area contributed by atoms with Gasteiger partial charge in [0.05, 0.1) is 24.0 Å². The lowest BCUT2D eigenvalue weighted by Gasteiger charge is -2.05. The lowest BCUT2D eigenvalue weighted by Crippen LogP contribution is -2.15. The van der Waals surface area contributed by atoms with E-state index in [-0.39, 0.29) is 6.42 Å². The number of primary amides is 1. The molecule has 0 spiro atoms. The lowest BCUT2D eigenvalue weighted by molar-refractivity contribution is -0.117. The highest BCUT2D eigenvalue weighted by Crippen LogP contribution is 2.26. The summed E-state index contributed by atoms with van der Waals surface area (Å²) in [5.41, 5.74) is 13.3. The van der Waals surface area contributed by atoms with E-state index >= 15 is 0 Å². The number of aromatic nitrogens is 4. The van der Waals surface area contributed by atoms with Crippen LogP contribution in [-0.4, -0.2) is 25.7 Å². The van der Waals surface area contributed by atoms with Crippen molar-refractivity contribution >= 4 is 22.4 Å². The van der Waals surface area contributed by atoms with Crippen LogP contribution >= 0.6 is 11.3 Å². The van der Waals surface area contributed by atoms with Crippen molar-refractivity contribution in [2.75, 3.05) is 5.73 Å². The summed E-state index contributed by atoms with van der Waals surface area (Å²) in [4.78, 5) is 20.5. The molecule has 0 bridgehead atoms. The van der Waals surface area contributed by atoms with Gasteiger partial charge in [-0.1, -0.05) is 42.5 Å². The molecule has 2 heterocycles. The summed E-state index contributed by atoms with van der Waals surface area (Å²) >= 11 is 1.33. The minimum atomic E-state index is -0.463. The van der Waals surface area contributed by atoms with E-state index in [0.717, 1.165) is 16.9 Å². The summed E-state index contributed by atoms with van der Waals surface area (Å²) in [5.74, 6) is 0.574. The van der Waals surface area contributed by atoms with E-state index < -0.39 is 5.91 Å². The molecule has 0 aliphatic heterocycles. The molecule has 1 aromatic carbocycles. The fraction of sp³-hybridized carbons (Fsp3) is 0.250. The molecule has 0 unspecified atom stereocenters. The van der Waals surface area contributed by atoms with E-state index in [2.05, 4.69) is 46.3 Å². The summed E-state index contributed by atoms with van der Waals surface area (Å²) in [7, 11) is 0. The Labute approximate surface area is 143 Å². The van der Waals surface area contributed by atoms with Gasteiger partial charge < -0.3 is 11.5 Å². The van der Waals surface area contributed by atoms with Crippen LogP contribution < -0.4 is 11.5 Å². The Balaban J connectivity index is 1.94. The Hall–Kier alpha value is -2.74. The standard InChI is InChI=1S/C16H18N6OS/c1-2-10-3-5-11(6-4-10)9-22-15(12-8-19-16(18)24-12)20-14(21-22)7-13(17)23/h3-6,8H,2,7,9H2,1H3,(H2,17,23)(H2,18,19). The van der Waals surface area contributed by atoms with Crippen molar-refractivity contribution in [2.45, 2.75) is 26.3 Å². The third-order valence-electron chi connectivity index (χ3n) is 3.56. The first-order valence-electron chi connectivity index (χ1n) is 7.56. The van der Waals surface area contributed by atoms with Gasteiger partial charge in [-0.15, -0.1) is 0 Å². The molecule has 0 saturated heterocycles. The zero-order chi connectivity index (χ0) is 17.1. The maximum absolute atomic E-state index is 11.2. The Morgan fingerprint density at radius 3 is 2.54 bits per heavy atom. The van der Waals surface area contributed by atoms with Gasteiger partial charge in [0.15, 0.2) is 16.8 Å².